The van der Waals surface area contributed by atoms with E-state index >= 15 is 0 Å². The van der Waals surface area contributed by atoms with Crippen molar-refractivity contribution in [1.29, 1.82) is 0 Å². The summed E-state index contributed by atoms with van der Waals surface area (Å²) in [7, 11) is 0. The molecule has 0 atom stereocenters. The van der Waals surface area contributed by atoms with Crippen LogP contribution >= 0.6 is 11.3 Å². The summed E-state index contributed by atoms with van der Waals surface area (Å²) in [5.41, 5.74) is 3.04. The first kappa shape index (κ1) is 17.7. The van der Waals surface area contributed by atoms with Gasteiger partial charge in [0, 0.05) is 24.0 Å². The molecule has 7 nitrogen and oxygen atoms in total. The molecule has 0 radical (unpaired) electrons. The lowest BCUT2D eigenvalue weighted by atomic mass is 9.94. The SMILES string of the molecule is Cc1nc2sc3c(c2c2nc(CNCc4ccccn4)nn12)CC(C)(C)OC3. The molecule has 0 bridgehead atoms. The number of nitrogens with one attached hydrogen (secondary N) is 1. The summed E-state index contributed by atoms with van der Waals surface area (Å²) >= 11 is 1.71. The van der Waals surface area contributed by atoms with Crippen LogP contribution in [0.2, 0.25) is 0 Å². The van der Waals surface area contributed by atoms with Crippen molar-refractivity contribution in [3.8, 4) is 0 Å². The summed E-state index contributed by atoms with van der Waals surface area (Å²) in [6.45, 7) is 8.15. The molecule has 1 aliphatic heterocycles. The molecule has 8 heteroatoms. The minimum absolute atomic E-state index is 0.171. The monoisotopic (exact) mass is 394 g/mol. The van der Waals surface area contributed by atoms with Gasteiger partial charge >= 0.3 is 0 Å². The summed E-state index contributed by atoms with van der Waals surface area (Å²) in [6, 6.07) is 5.91. The van der Waals surface area contributed by atoms with Crippen LogP contribution in [0, 0.1) is 6.92 Å². The summed E-state index contributed by atoms with van der Waals surface area (Å²) < 4.78 is 7.86. The number of thiophene rings is 1. The molecule has 0 unspecified atom stereocenters. The van der Waals surface area contributed by atoms with Gasteiger partial charge in [-0.05, 0) is 38.5 Å². The van der Waals surface area contributed by atoms with E-state index in [4.69, 9.17) is 19.8 Å². The number of aromatic nitrogens is 5. The van der Waals surface area contributed by atoms with E-state index in [9.17, 15) is 0 Å². The van der Waals surface area contributed by atoms with E-state index in [1.54, 1.807) is 17.5 Å². The molecule has 28 heavy (non-hydrogen) atoms. The Balaban J connectivity index is 1.51. The van der Waals surface area contributed by atoms with Crippen LogP contribution in [-0.4, -0.2) is 30.2 Å². The average Bonchev–Trinajstić information content (AvgIpc) is 3.23. The highest BCUT2D eigenvalue weighted by Crippen LogP contribution is 2.39. The van der Waals surface area contributed by atoms with Crippen molar-refractivity contribution >= 4 is 27.2 Å². The zero-order valence-electron chi connectivity index (χ0n) is 16.2. The number of aryl methyl sites for hydroxylation is 1. The van der Waals surface area contributed by atoms with E-state index < -0.39 is 0 Å². The topological polar surface area (TPSA) is 77.2 Å². The second-order valence-corrected chi connectivity index (χ2v) is 8.84. The van der Waals surface area contributed by atoms with Gasteiger partial charge in [-0.2, -0.15) is 4.52 Å². The molecule has 144 valence electrons. The Kier molecular flexibility index (Phi) is 4.15. The van der Waals surface area contributed by atoms with Gasteiger partial charge in [0.15, 0.2) is 11.5 Å². The molecule has 0 spiro atoms. The summed E-state index contributed by atoms with van der Waals surface area (Å²) in [5.74, 6) is 1.62. The highest BCUT2D eigenvalue weighted by atomic mass is 32.1. The number of hydrogen-bond acceptors (Lipinski definition) is 7. The first-order valence-electron chi connectivity index (χ1n) is 9.41. The van der Waals surface area contributed by atoms with Crippen LogP contribution in [0.4, 0.5) is 0 Å². The van der Waals surface area contributed by atoms with Crippen LogP contribution in [0.25, 0.3) is 15.9 Å². The standard InChI is InChI=1S/C20H22N6OS/c1-12-23-19-17(14-8-20(2,3)27-11-15(14)28-19)18-24-16(25-26(12)18)10-21-9-13-6-4-5-7-22-13/h4-7,21H,8-11H2,1-3H3. The number of fused-ring (bicyclic) bond motifs is 5. The predicted molar refractivity (Wildman–Crippen MR) is 108 cm³/mol. The highest BCUT2D eigenvalue weighted by Gasteiger charge is 2.31. The highest BCUT2D eigenvalue weighted by molar-refractivity contribution is 7.19. The summed E-state index contributed by atoms with van der Waals surface area (Å²) in [5, 5.41) is 9.20. The Hall–Kier alpha value is -2.42. The fourth-order valence-corrected chi connectivity index (χ4v) is 4.81. The molecule has 1 N–H and O–H groups in total. The van der Waals surface area contributed by atoms with Crippen LogP contribution in [0.3, 0.4) is 0 Å². The Bertz CT molecular complexity index is 1160. The number of nitrogens with zero attached hydrogens (tertiary/aromatic N) is 5. The van der Waals surface area contributed by atoms with Crippen LogP contribution in [0.1, 0.15) is 41.6 Å². The van der Waals surface area contributed by atoms with Gasteiger partial charge < -0.3 is 10.1 Å². The molecule has 1 aliphatic rings. The minimum atomic E-state index is -0.171. The van der Waals surface area contributed by atoms with Gasteiger partial charge in [-0.25, -0.2) is 9.97 Å². The van der Waals surface area contributed by atoms with Crippen molar-refractivity contribution in [2.24, 2.45) is 0 Å². The second kappa shape index (κ2) is 6.58. The molecule has 0 saturated heterocycles. The molecule has 5 rings (SSSR count). The largest absolute Gasteiger partial charge is 0.370 e. The van der Waals surface area contributed by atoms with Crippen molar-refractivity contribution in [3.63, 3.8) is 0 Å². The minimum Gasteiger partial charge on any atom is -0.370 e. The Morgan fingerprint density at radius 3 is 2.96 bits per heavy atom. The Morgan fingerprint density at radius 1 is 1.25 bits per heavy atom. The number of ether oxygens (including phenoxy) is 1. The van der Waals surface area contributed by atoms with Crippen molar-refractivity contribution in [3.05, 3.63) is 52.2 Å². The number of rotatable bonds is 4. The van der Waals surface area contributed by atoms with E-state index in [-0.39, 0.29) is 5.60 Å². The molecule has 0 fully saturated rings. The van der Waals surface area contributed by atoms with E-state index in [1.165, 1.54) is 10.4 Å². The lowest BCUT2D eigenvalue weighted by Gasteiger charge is -2.30. The van der Waals surface area contributed by atoms with Crippen LogP contribution in [0.15, 0.2) is 24.4 Å². The fourth-order valence-electron chi connectivity index (χ4n) is 3.66. The van der Waals surface area contributed by atoms with E-state index in [2.05, 4.69) is 24.1 Å². The predicted octanol–water partition coefficient (Wildman–Crippen LogP) is 3.18. The first-order valence-corrected chi connectivity index (χ1v) is 10.2. The Morgan fingerprint density at radius 2 is 2.14 bits per heavy atom. The third-order valence-corrected chi connectivity index (χ3v) is 6.13. The lowest BCUT2D eigenvalue weighted by Crippen LogP contribution is -2.31. The molecular formula is C20H22N6OS. The zero-order valence-corrected chi connectivity index (χ0v) is 17.0. The first-order chi connectivity index (χ1) is 13.5. The van der Waals surface area contributed by atoms with E-state index in [0.29, 0.717) is 19.7 Å². The van der Waals surface area contributed by atoms with Gasteiger partial charge in [0.1, 0.15) is 10.7 Å². The quantitative estimate of drug-likeness (QED) is 0.573. The van der Waals surface area contributed by atoms with Gasteiger partial charge in [-0.3, -0.25) is 4.98 Å². The molecule has 0 amide bonds. The molecule has 4 aromatic heterocycles. The van der Waals surface area contributed by atoms with Crippen LogP contribution in [0.5, 0.6) is 0 Å². The van der Waals surface area contributed by atoms with Crippen molar-refractivity contribution in [2.75, 3.05) is 0 Å². The van der Waals surface area contributed by atoms with E-state index in [0.717, 1.165) is 39.6 Å². The second-order valence-electron chi connectivity index (χ2n) is 7.76. The van der Waals surface area contributed by atoms with Gasteiger partial charge in [0.2, 0.25) is 0 Å². The normalized spacial score (nSPS) is 16.0. The smallest absolute Gasteiger partial charge is 0.168 e. The van der Waals surface area contributed by atoms with Gasteiger partial charge in [0.25, 0.3) is 0 Å². The van der Waals surface area contributed by atoms with Gasteiger partial charge in [-0.1, -0.05) is 6.07 Å². The third-order valence-electron chi connectivity index (χ3n) is 5.03. The van der Waals surface area contributed by atoms with Crippen molar-refractivity contribution < 1.29 is 4.74 Å². The Labute approximate surface area is 166 Å². The summed E-state index contributed by atoms with van der Waals surface area (Å²) in [4.78, 5) is 16.3. The lowest BCUT2D eigenvalue weighted by molar-refractivity contribution is -0.0379. The maximum absolute atomic E-state index is 5.99. The fraction of sp³-hybridized carbons (Fsp3) is 0.400. The van der Waals surface area contributed by atoms with Gasteiger partial charge in [-0.15, -0.1) is 16.4 Å². The molecule has 4 aromatic rings. The number of pyridine rings is 1. The zero-order chi connectivity index (χ0) is 19.3. The molecular weight excluding hydrogens is 372 g/mol. The molecule has 0 aromatic carbocycles. The molecule has 5 heterocycles. The van der Waals surface area contributed by atoms with Crippen LogP contribution < -0.4 is 5.32 Å². The van der Waals surface area contributed by atoms with Crippen molar-refractivity contribution in [2.45, 2.75) is 52.5 Å². The average molecular weight is 395 g/mol. The van der Waals surface area contributed by atoms with Crippen molar-refractivity contribution in [1.82, 2.24) is 29.9 Å². The summed E-state index contributed by atoms with van der Waals surface area (Å²) in [6.07, 6.45) is 2.67. The molecule has 0 saturated carbocycles. The van der Waals surface area contributed by atoms with Crippen LogP contribution in [-0.2, 0) is 30.9 Å². The van der Waals surface area contributed by atoms with Gasteiger partial charge in [0.05, 0.1) is 29.8 Å². The molecule has 0 aliphatic carbocycles. The number of hydrogen-bond donors (Lipinski definition) is 1. The maximum atomic E-state index is 5.99. The maximum Gasteiger partial charge on any atom is 0.168 e. The van der Waals surface area contributed by atoms with E-state index in [1.807, 2.05) is 29.6 Å². The third kappa shape index (κ3) is 3.07.